The van der Waals surface area contributed by atoms with Crippen LogP contribution in [0.25, 0.3) is 0 Å². The molecule has 6 nitrogen and oxygen atoms in total. The van der Waals surface area contributed by atoms with Crippen molar-refractivity contribution < 1.29 is 17.9 Å². The van der Waals surface area contributed by atoms with Crippen LogP contribution in [-0.2, 0) is 0 Å². The molecular formula is C20H24F3N5O. The smallest absolute Gasteiger partial charge is 0.406 e. The van der Waals surface area contributed by atoms with Crippen LogP contribution in [0.2, 0.25) is 0 Å². The Balaban J connectivity index is 1.85. The molecule has 0 aliphatic carbocycles. The van der Waals surface area contributed by atoms with E-state index in [1.165, 1.54) is 24.3 Å². The van der Waals surface area contributed by atoms with Gasteiger partial charge in [0.15, 0.2) is 0 Å². The largest absolute Gasteiger partial charge is 0.573 e. The summed E-state index contributed by atoms with van der Waals surface area (Å²) in [5.41, 5.74) is 8.16. The highest BCUT2D eigenvalue weighted by atomic mass is 19.4. The molecule has 1 aromatic heterocycles. The molecule has 2 atom stereocenters. The lowest BCUT2D eigenvalue weighted by Gasteiger charge is -2.39. The Labute approximate surface area is 167 Å². The van der Waals surface area contributed by atoms with E-state index in [9.17, 15) is 13.2 Å². The van der Waals surface area contributed by atoms with Gasteiger partial charge in [0.2, 0.25) is 0 Å². The Kier molecular flexibility index (Phi) is 6.51. The maximum absolute atomic E-state index is 12.4. The molecule has 1 aliphatic heterocycles. The minimum Gasteiger partial charge on any atom is -0.406 e. The number of hydrogen-bond donors (Lipinski definition) is 2. The topological polar surface area (TPSA) is 78.5 Å². The number of nitrogens with one attached hydrogen (secondary N) is 1. The third-order valence-electron chi connectivity index (χ3n) is 5.08. The lowest BCUT2D eigenvalue weighted by molar-refractivity contribution is -0.274. The summed E-state index contributed by atoms with van der Waals surface area (Å²) in [6, 6.07) is 8.96. The molecule has 3 N–H and O–H groups in total. The van der Waals surface area contributed by atoms with Crippen LogP contribution in [0.3, 0.4) is 0 Å². The second kappa shape index (κ2) is 8.89. The third kappa shape index (κ3) is 5.53. The van der Waals surface area contributed by atoms with Crippen LogP contribution in [0.4, 0.5) is 13.2 Å². The van der Waals surface area contributed by atoms with Crippen molar-refractivity contribution in [2.75, 3.05) is 33.2 Å². The zero-order valence-electron chi connectivity index (χ0n) is 16.1. The molecular weight excluding hydrogens is 383 g/mol. The predicted molar refractivity (Wildman–Crippen MR) is 104 cm³/mol. The number of nitrogens with two attached hydrogens (primary N) is 1. The fourth-order valence-electron chi connectivity index (χ4n) is 3.45. The van der Waals surface area contributed by atoms with E-state index in [2.05, 4.69) is 26.6 Å². The molecule has 156 valence electrons. The van der Waals surface area contributed by atoms with Crippen LogP contribution in [0, 0.1) is 5.41 Å². The van der Waals surface area contributed by atoms with Gasteiger partial charge in [0.05, 0.1) is 12.1 Å². The summed E-state index contributed by atoms with van der Waals surface area (Å²) in [6.07, 6.45) is -1.90. The first-order chi connectivity index (χ1) is 13.7. The highest BCUT2D eigenvalue weighted by molar-refractivity contribution is 6.03. The summed E-state index contributed by atoms with van der Waals surface area (Å²) in [5.74, 6) is -0.770. The summed E-state index contributed by atoms with van der Waals surface area (Å²) in [4.78, 5) is 8.39. The fraction of sp³-hybridized carbons (Fsp3) is 0.400. The van der Waals surface area contributed by atoms with Crippen LogP contribution < -0.4 is 10.5 Å². The lowest BCUT2D eigenvalue weighted by atomic mass is 9.87. The molecule has 2 unspecified atom stereocenters. The number of aromatic nitrogens is 1. The Morgan fingerprint density at radius 1 is 1.07 bits per heavy atom. The number of benzene rings is 1. The van der Waals surface area contributed by atoms with E-state index in [4.69, 9.17) is 11.1 Å². The van der Waals surface area contributed by atoms with Gasteiger partial charge in [0.1, 0.15) is 5.75 Å². The van der Waals surface area contributed by atoms with Crippen molar-refractivity contribution in [1.82, 2.24) is 14.8 Å². The van der Waals surface area contributed by atoms with Crippen LogP contribution in [0.15, 0.2) is 48.8 Å². The van der Waals surface area contributed by atoms with Gasteiger partial charge in [-0.3, -0.25) is 9.88 Å². The van der Waals surface area contributed by atoms with Crippen LogP contribution in [0.1, 0.15) is 17.0 Å². The number of halogens is 3. The van der Waals surface area contributed by atoms with E-state index in [0.717, 1.165) is 31.7 Å². The Morgan fingerprint density at radius 3 is 2.21 bits per heavy atom. The van der Waals surface area contributed by atoms with Crippen molar-refractivity contribution in [2.24, 2.45) is 5.73 Å². The molecule has 1 aliphatic rings. The van der Waals surface area contributed by atoms with E-state index in [-0.39, 0.29) is 11.5 Å². The van der Waals surface area contributed by atoms with E-state index in [1.54, 1.807) is 12.4 Å². The summed E-state index contributed by atoms with van der Waals surface area (Å²) >= 11 is 0. The first kappa shape index (κ1) is 21.2. The first-order valence-electron chi connectivity index (χ1n) is 9.27. The van der Waals surface area contributed by atoms with Gasteiger partial charge in [0, 0.05) is 44.3 Å². The van der Waals surface area contributed by atoms with Crippen molar-refractivity contribution in [3.63, 3.8) is 0 Å². The van der Waals surface area contributed by atoms with Crippen LogP contribution in [-0.4, -0.2) is 66.3 Å². The standard InChI is InChI=1S/C20H24F3N5O/c1-27-10-12-28(13-11-27)19(25)17(14-6-8-26-9-7-14)18(24)15-2-4-16(5-3-15)29-20(21,22)23/h2-9,17,19,24H,10-13,25H2,1H3. The van der Waals surface area contributed by atoms with Gasteiger partial charge in [-0.25, -0.2) is 0 Å². The van der Waals surface area contributed by atoms with Crippen LogP contribution in [0.5, 0.6) is 5.75 Å². The zero-order valence-corrected chi connectivity index (χ0v) is 16.1. The lowest BCUT2D eigenvalue weighted by Crippen LogP contribution is -2.55. The van der Waals surface area contributed by atoms with E-state index in [0.29, 0.717) is 5.56 Å². The number of rotatable bonds is 6. The van der Waals surface area contributed by atoms with Crippen molar-refractivity contribution in [2.45, 2.75) is 18.4 Å². The second-order valence-corrected chi connectivity index (χ2v) is 7.07. The number of nitrogens with zero attached hydrogens (tertiary/aromatic N) is 3. The third-order valence-corrected chi connectivity index (χ3v) is 5.08. The summed E-state index contributed by atoms with van der Waals surface area (Å²) in [7, 11) is 2.05. The van der Waals surface area contributed by atoms with Crippen molar-refractivity contribution in [3.05, 3.63) is 59.9 Å². The molecule has 2 heterocycles. The van der Waals surface area contributed by atoms with Crippen molar-refractivity contribution in [3.8, 4) is 5.75 Å². The fourth-order valence-corrected chi connectivity index (χ4v) is 3.45. The Hall–Kier alpha value is -2.49. The Bertz CT molecular complexity index is 805. The number of alkyl halides is 3. The maximum Gasteiger partial charge on any atom is 0.573 e. The average Bonchev–Trinajstić information content (AvgIpc) is 2.69. The summed E-state index contributed by atoms with van der Waals surface area (Å²) in [5, 5.41) is 8.76. The Morgan fingerprint density at radius 2 is 1.66 bits per heavy atom. The minimum absolute atomic E-state index is 0.237. The molecule has 2 aromatic rings. The SMILES string of the molecule is CN1CCN(C(N)C(C(=N)c2ccc(OC(F)(F)F)cc2)c2ccncc2)CC1. The number of likely N-dealkylation sites (N-methyl/N-ethyl adjacent to an activating group) is 1. The zero-order chi connectivity index (χ0) is 21.0. The molecule has 3 rings (SSSR count). The van der Waals surface area contributed by atoms with Gasteiger partial charge in [-0.2, -0.15) is 0 Å². The molecule has 9 heteroatoms. The molecule has 0 spiro atoms. The minimum atomic E-state index is -4.75. The van der Waals surface area contributed by atoms with Gasteiger partial charge < -0.3 is 20.8 Å². The first-order valence-corrected chi connectivity index (χ1v) is 9.27. The van der Waals surface area contributed by atoms with Crippen LogP contribution >= 0.6 is 0 Å². The predicted octanol–water partition coefficient (Wildman–Crippen LogP) is 2.66. The molecule has 1 fully saturated rings. The second-order valence-electron chi connectivity index (χ2n) is 7.07. The molecule has 0 amide bonds. The highest BCUT2D eigenvalue weighted by Crippen LogP contribution is 2.28. The maximum atomic E-state index is 12.4. The van der Waals surface area contributed by atoms with Crippen molar-refractivity contribution >= 4 is 5.71 Å². The number of piperazine rings is 1. The molecule has 0 bridgehead atoms. The highest BCUT2D eigenvalue weighted by Gasteiger charge is 2.33. The quantitative estimate of drug-likeness (QED) is 0.720. The van der Waals surface area contributed by atoms with E-state index in [1.807, 2.05) is 12.1 Å². The van der Waals surface area contributed by atoms with Crippen molar-refractivity contribution in [1.29, 1.82) is 5.41 Å². The number of pyridine rings is 1. The van der Waals surface area contributed by atoms with E-state index >= 15 is 0 Å². The molecule has 0 saturated carbocycles. The van der Waals surface area contributed by atoms with Gasteiger partial charge in [-0.1, -0.05) is 0 Å². The van der Waals surface area contributed by atoms with Gasteiger partial charge in [-0.05, 0) is 54.6 Å². The van der Waals surface area contributed by atoms with Gasteiger partial charge in [-0.15, -0.1) is 13.2 Å². The monoisotopic (exact) mass is 407 g/mol. The molecule has 29 heavy (non-hydrogen) atoms. The summed E-state index contributed by atoms with van der Waals surface area (Å²) in [6.45, 7) is 3.33. The average molecular weight is 407 g/mol. The normalized spacial score (nSPS) is 18.2. The molecule has 0 radical (unpaired) electrons. The van der Waals surface area contributed by atoms with Gasteiger partial charge in [0.25, 0.3) is 0 Å². The molecule has 1 aromatic carbocycles. The van der Waals surface area contributed by atoms with E-state index < -0.39 is 18.4 Å². The van der Waals surface area contributed by atoms with Gasteiger partial charge >= 0.3 is 6.36 Å². The number of hydrogen-bond acceptors (Lipinski definition) is 6. The number of ether oxygens (including phenoxy) is 1. The molecule has 1 saturated heterocycles. The summed E-state index contributed by atoms with van der Waals surface area (Å²) < 4.78 is 41.1.